The summed E-state index contributed by atoms with van der Waals surface area (Å²) in [6.45, 7) is 4.24. The van der Waals surface area contributed by atoms with Gasteiger partial charge in [-0.15, -0.1) is 5.10 Å². The van der Waals surface area contributed by atoms with Crippen molar-refractivity contribution in [2.45, 2.75) is 43.1 Å². The molecule has 8 heteroatoms. The number of thioether (sulfide) groups is 1. The summed E-state index contributed by atoms with van der Waals surface area (Å²) in [5, 5.41) is 10.6. The van der Waals surface area contributed by atoms with E-state index in [0.29, 0.717) is 28.5 Å². The molecule has 1 aliphatic heterocycles. The van der Waals surface area contributed by atoms with Crippen molar-refractivity contribution in [3.05, 3.63) is 65.7 Å². The van der Waals surface area contributed by atoms with Crippen LogP contribution >= 0.6 is 11.8 Å². The Balaban J connectivity index is 1.48. The van der Waals surface area contributed by atoms with Gasteiger partial charge in [0.15, 0.2) is 0 Å². The van der Waals surface area contributed by atoms with E-state index in [0.717, 1.165) is 5.56 Å². The van der Waals surface area contributed by atoms with E-state index in [4.69, 9.17) is 0 Å². The predicted octanol–water partition coefficient (Wildman–Crippen LogP) is 4.22. The van der Waals surface area contributed by atoms with E-state index >= 15 is 0 Å². The minimum Gasteiger partial charge on any atom is -0.324 e. The van der Waals surface area contributed by atoms with Crippen LogP contribution in [0.2, 0.25) is 0 Å². The first kappa shape index (κ1) is 20.2. The van der Waals surface area contributed by atoms with Crippen LogP contribution in [0.25, 0.3) is 0 Å². The molecule has 0 saturated heterocycles. The molecule has 0 radical (unpaired) electrons. The Morgan fingerprint density at radius 1 is 1.20 bits per heavy atom. The lowest BCUT2D eigenvalue weighted by molar-refractivity contribution is -0.125. The Hall–Kier alpha value is -3.13. The highest BCUT2D eigenvalue weighted by atomic mass is 32.2. The summed E-state index contributed by atoms with van der Waals surface area (Å²) in [7, 11) is 0. The van der Waals surface area contributed by atoms with Gasteiger partial charge in [0.05, 0.1) is 6.42 Å². The number of rotatable bonds is 6. The maximum atomic E-state index is 12.9. The number of hydrogen-bond acceptors (Lipinski definition) is 5. The molecule has 4 rings (SSSR count). The number of benzene rings is 2. The third kappa shape index (κ3) is 4.54. The Labute approximate surface area is 179 Å². The second-order valence-corrected chi connectivity index (χ2v) is 8.41. The van der Waals surface area contributed by atoms with Crippen LogP contribution in [0.1, 0.15) is 43.4 Å². The fourth-order valence-corrected chi connectivity index (χ4v) is 3.99. The molecule has 0 saturated carbocycles. The summed E-state index contributed by atoms with van der Waals surface area (Å²) < 4.78 is 1.51. The number of nitrogens with zero attached hydrogens (tertiary/aromatic N) is 3. The van der Waals surface area contributed by atoms with Crippen LogP contribution in [0.5, 0.6) is 0 Å². The molecule has 1 aliphatic rings. The summed E-state index contributed by atoms with van der Waals surface area (Å²) >= 11 is 1.46. The third-order valence-electron chi connectivity index (χ3n) is 4.90. The Morgan fingerprint density at radius 2 is 1.93 bits per heavy atom. The van der Waals surface area contributed by atoms with E-state index in [1.807, 2.05) is 54.6 Å². The summed E-state index contributed by atoms with van der Waals surface area (Å²) in [4.78, 5) is 29.4. The molecule has 7 nitrogen and oxygen atoms in total. The van der Waals surface area contributed by atoms with E-state index < -0.39 is 6.04 Å². The van der Waals surface area contributed by atoms with E-state index in [9.17, 15) is 9.59 Å². The number of aromatic nitrogens is 3. The monoisotopic (exact) mass is 421 g/mol. The van der Waals surface area contributed by atoms with Crippen molar-refractivity contribution in [2.75, 3.05) is 10.6 Å². The van der Waals surface area contributed by atoms with Crippen LogP contribution in [0.4, 0.5) is 11.6 Å². The average Bonchev–Trinajstić information content (AvgIpc) is 3.15. The highest BCUT2D eigenvalue weighted by molar-refractivity contribution is 7.98. The summed E-state index contributed by atoms with van der Waals surface area (Å²) in [5.41, 5.74) is 3.04. The normalized spacial score (nSPS) is 15.6. The molecule has 2 amide bonds. The summed E-state index contributed by atoms with van der Waals surface area (Å²) in [6.07, 6.45) is 0.0229. The van der Waals surface area contributed by atoms with Gasteiger partial charge in [0, 0.05) is 11.4 Å². The number of amides is 2. The highest BCUT2D eigenvalue weighted by Crippen LogP contribution is 2.28. The lowest BCUT2D eigenvalue weighted by atomic mass is 10.0. The van der Waals surface area contributed by atoms with Crippen LogP contribution in [0, 0.1) is 0 Å². The van der Waals surface area contributed by atoms with E-state index in [2.05, 4.69) is 34.6 Å². The maximum Gasteiger partial charge on any atom is 0.249 e. The third-order valence-corrected chi connectivity index (χ3v) is 5.80. The van der Waals surface area contributed by atoms with Gasteiger partial charge in [0.1, 0.15) is 6.04 Å². The van der Waals surface area contributed by atoms with Gasteiger partial charge in [-0.2, -0.15) is 4.98 Å². The molecule has 0 spiro atoms. The fourth-order valence-electron chi connectivity index (χ4n) is 3.21. The molecule has 2 aromatic carbocycles. The zero-order chi connectivity index (χ0) is 21.1. The molecule has 0 bridgehead atoms. The molecule has 0 unspecified atom stereocenters. The number of carbonyl (C=O) groups excluding carboxylic acids is 2. The summed E-state index contributed by atoms with van der Waals surface area (Å²) in [5.74, 6) is 0.897. The zero-order valence-electron chi connectivity index (χ0n) is 16.8. The standard InChI is InChI=1S/C22H23N5O2S/c1-14(2)16-8-10-17(11-9-16)23-20(29)18-12-19(28)24-21-25-22(26-27(18)21)30-13-15-6-4-3-5-7-15/h3-11,14,18H,12-13H2,1-2H3,(H,23,29)(H,24,25,26,28)/t18-/m0/s1. The second-order valence-electron chi connectivity index (χ2n) is 7.47. The number of hydrogen-bond donors (Lipinski definition) is 2. The Morgan fingerprint density at radius 3 is 2.63 bits per heavy atom. The van der Waals surface area contributed by atoms with Gasteiger partial charge in [0.2, 0.25) is 22.9 Å². The molecule has 1 atom stereocenters. The second kappa shape index (κ2) is 8.71. The molecule has 0 aliphatic carbocycles. The average molecular weight is 422 g/mol. The van der Waals surface area contributed by atoms with Crippen molar-refractivity contribution < 1.29 is 9.59 Å². The van der Waals surface area contributed by atoms with Crippen molar-refractivity contribution >= 4 is 35.2 Å². The van der Waals surface area contributed by atoms with E-state index in [1.54, 1.807) is 0 Å². The molecule has 2 heterocycles. The highest BCUT2D eigenvalue weighted by Gasteiger charge is 2.33. The lowest BCUT2D eigenvalue weighted by Crippen LogP contribution is -2.36. The molecular weight excluding hydrogens is 398 g/mol. The quantitative estimate of drug-likeness (QED) is 0.582. The van der Waals surface area contributed by atoms with Crippen LogP contribution < -0.4 is 10.6 Å². The van der Waals surface area contributed by atoms with Crippen molar-refractivity contribution in [1.82, 2.24) is 14.8 Å². The predicted molar refractivity (Wildman–Crippen MR) is 117 cm³/mol. The molecule has 0 fully saturated rings. The van der Waals surface area contributed by atoms with Crippen molar-refractivity contribution in [3.8, 4) is 0 Å². The molecule has 30 heavy (non-hydrogen) atoms. The minimum atomic E-state index is -0.739. The SMILES string of the molecule is CC(C)c1ccc(NC(=O)[C@@H]2CC(=O)Nc3nc(SCc4ccccc4)nn32)cc1. The lowest BCUT2D eigenvalue weighted by Gasteiger charge is -2.22. The van der Waals surface area contributed by atoms with E-state index in [1.165, 1.54) is 22.0 Å². The first-order valence-corrected chi connectivity index (χ1v) is 10.8. The van der Waals surface area contributed by atoms with Crippen LogP contribution in [-0.2, 0) is 15.3 Å². The van der Waals surface area contributed by atoms with Gasteiger partial charge < -0.3 is 5.32 Å². The molecular formula is C22H23N5O2S. The van der Waals surface area contributed by atoms with Crippen LogP contribution in [0.15, 0.2) is 59.8 Å². The van der Waals surface area contributed by atoms with Gasteiger partial charge in [-0.3, -0.25) is 14.9 Å². The number of fused-ring (bicyclic) bond motifs is 1. The number of carbonyl (C=O) groups is 2. The smallest absolute Gasteiger partial charge is 0.249 e. The van der Waals surface area contributed by atoms with Crippen molar-refractivity contribution in [1.29, 1.82) is 0 Å². The first-order chi connectivity index (χ1) is 14.5. The first-order valence-electron chi connectivity index (χ1n) is 9.83. The van der Waals surface area contributed by atoms with Gasteiger partial charge in [-0.25, -0.2) is 4.68 Å². The minimum absolute atomic E-state index is 0.0229. The Kier molecular flexibility index (Phi) is 5.85. The van der Waals surface area contributed by atoms with E-state index in [-0.39, 0.29) is 18.2 Å². The topological polar surface area (TPSA) is 88.9 Å². The van der Waals surface area contributed by atoms with Crippen LogP contribution in [0.3, 0.4) is 0 Å². The molecule has 1 aromatic heterocycles. The molecule has 2 N–H and O–H groups in total. The van der Waals surface area contributed by atoms with Crippen LogP contribution in [-0.4, -0.2) is 26.6 Å². The maximum absolute atomic E-state index is 12.9. The van der Waals surface area contributed by atoms with Gasteiger partial charge in [-0.1, -0.05) is 68.1 Å². The number of nitrogens with one attached hydrogen (secondary N) is 2. The molecule has 3 aromatic rings. The fraction of sp³-hybridized carbons (Fsp3) is 0.273. The number of anilines is 2. The largest absolute Gasteiger partial charge is 0.324 e. The zero-order valence-corrected chi connectivity index (χ0v) is 17.6. The van der Waals surface area contributed by atoms with Crippen molar-refractivity contribution in [2.24, 2.45) is 0 Å². The Bertz CT molecular complexity index is 1050. The van der Waals surface area contributed by atoms with Gasteiger partial charge in [0.25, 0.3) is 0 Å². The van der Waals surface area contributed by atoms with Crippen molar-refractivity contribution in [3.63, 3.8) is 0 Å². The van der Waals surface area contributed by atoms with Gasteiger partial charge >= 0.3 is 0 Å². The molecule has 154 valence electrons. The summed E-state index contributed by atoms with van der Waals surface area (Å²) in [6, 6.07) is 17.0. The van der Waals surface area contributed by atoms with Gasteiger partial charge in [-0.05, 0) is 29.2 Å².